The van der Waals surface area contributed by atoms with Crippen LogP contribution in [0.2, 0.25) is 0 Å². The molecule has 30 heavy (non-hydrogen) atoms. The number of ether oxygens (including phenoxy) is 1. The van der Waals surface area contributed by atoms with Gasteiger partial charge >= 0.3 is 6.55 Å². The molecule has 1 aliphatic heterocycles. The minimum atomic E-state index is -2.65. The third kappa shape index (κ3) is 3.81. The van der Waals surface area contributed by atoms with Crippen LogP contribution in [-0.2, 0) is 0 Å². The number of halogens is 2. The van der Waals surface area contributed by atoms with Gasteiger partial charge in [0.15, 0.2) is 5.78 Å². The topological polar surface area (TPSA) is 47.4 Å². The van der Waals surface area contributed by atoms with Crippen LogP contribution in [0.3, 0.4) is 0 Å². The first kappa shape index (κ1) is 20.5. The summed E-state index contributed by atoms with van der Waals surface area (Å²) >= 11 is 0. The van der Waals surface area contributed by atoms with Gasteiger partial charge in [0, 0.05) is 11.5 Å². The van der Waals surface area contributed by atoms with Gasteiger partial charge in [0.25, 0.3) is 0 Å². The second-order valence-electron chi connectivity index (χ2n) is 7.69. The molecule has 7 heteroatoms. The molecule has 1 fully saturated rings. The summed E-state index contributed by atoms with van der Waals surface area (Å²) in [6, 6.07) is 13.9. The van der Waals surface area contributed by atoms with Gasteiger partial charge in [0.1, 0.15) is 11.6 Å². The van der Waals surface area contributed by atoms with Crippen LogP contribution in [0, 0.1) is 5.92 Å². The summed E-state index contributed by atoms with van der Waals surface area (Å²) in [5.74, 6) is 1.16. The molecule has 0 spiro atoms. The molecule has 0 saturated carbocycles. The summed E-state index contributed by atoms with van der Waals surface area (Å²) in [4.78, 5) is 19.5. The standard InChI is InChI=1S/C23H25F2N3O2/c1-15(22-26-19-5-3-4-6-20(19)28(22)23(24)25)27-13-11-17(12-14-27)21(29)16-7-9-18(30-2)10-8-16/h3-10,15,17,23H,11-14H2,1-2H3/t15-/m1/s1. The second kappa shape index (κ2) is 8.52. The van der Waals surface area contributed by atoms with E-state index in [1.807, 2.05) is 6.92 Å². The van der Waals surface area contributed by atoms with Gasteiger partial charge < -0.3 is 4.74 Å². The van der Waals surface area contributed by atoms with Gasteiger partial charge in [-0.1, -0.05) is 12.1 Å². The molecule has 2 aromatic carbocycles. The molecule has 1 aliphatic rings. The Balaban J connectivity index is 1.47. The van der Waals surface area contributed by atoms with E-state index in [9.17, 15) is 13.6 Å². The fourth-order valence-electron chi connectivity index (χ4n) is 4.27. The number of likely N-dealkylation sites (tertiary alicyclic amines) is 1. The molecule has 0 unspecified atom stereocenters. The van der Waals surface area contributed by atoms with Gasteiger partial charge in [-0.2, -0.15) is 8.78 Å². The van der Waals surface area contributed by atoms with Crippen LogP contribution >= 0.6 is 0 Å². The van der Waals surface area contributed by atoms with Crippen molar-refractivity contribution < 1.29 is 18.3 Å². The lowest BCUT2D eigenvalue weighted by Crippen LogP contribution is -2.38. The Morgan fingerprint density at radius 2 is 1.77 bits per heavy atom. The van der Waals surface area contributed by atoms with Crippen LogP contribution in [0.25, 0.3) is 11.0 Å². The number of nitrogens with zero attached hydrogens (tertiary/aromatic N) is 3. The quantitative estimate of drug-likeness (QED) is 0.528. The maximum absolute atomic E-state index is 13.8. The first-order chi connectivity index (χ1) is 14.5. The number of fused-ring (bicyclic) bond motifs is 1. The number of rotatable bonds is 6. The van der Waals surface area contributed by atoms with Crippen LogP contribution in [0.4, 0.5) is 8.78 Å². The normalized spacial score (nSPS) is 16.8. The first-order valence-electron chi connectivity index (χ1n) is 10.2. The Morgan fingerprint density at radius 1 is 1.10 bits per heavy atom. The Kier molecular flexibility index (Phi) is 5.81. The highest BCUT2D eigenvalue weighted by Crippen LogP contribution is 2.32. The Morgan fingerprint density at radius 3 is 2.40 bits per heavy atom. The van der Waals surface area contributed by atoms with Gasteiger partial charge in [0.2, 0.25) is 0 Å². The van der Waals surface area contributed by atoms with Crippen molar-refractivity contribution in [2.75, 3.05) is 20.2 Å². The summed E-state index contributed by atoms with van der Waals surface area (Å²) in [7, 11) is 1.59. The van der Waals surface area contributed by atoms with Crippen LogP contribution < -0.4 is 4.74 Å². The summed E-state index contributed by atoms with van der Waals surface area (Å²) in [6.45, 7) is 0.593. The van der Waals surface area contributed by atoms with E-state index < -0.39 is 6.55 Å². The lowest BCUT2D eigenvalue weighted by Gasteiger charge is -2.35. The maximum atomic E-state index is 13.8. The minimum absolute atomic E-state index is 0.0595. The van der Waals surface area contributed by atoms with Crippen LogP contribution in [0.1, 0.15) is 48.5 Å². The predicted molar refractivity (Wildman–Crippen MR) is 111 cm³/mol. The number of para-hydroxylation sites is 2. The zero-order valence-electron chi connectivity index (χ0n) is 17.1. The molecule has 3 aromatic rings. The molecule has 1 aromatic heterocycles. The maximum Gasteiger partial charge on any atom is 0.320 e. The van der Waals surface area contributed by atoms with Gasteiger partial charge in [-0.05, 0) is 69.3 Å². The van der Waals surface area contributed by atoms with Gasteiger partial charge in [-0.25, -0.2) is 4.98 Å². The highest BCUT2D eigenvalue weighted by atomic mass is 19.3. The zero-order chi connectivity index (χ0) is 21.3. The third-order valence-corrected chi connectivity index (χ3v) is 6.01. The molecule has 0 N–H and O–H groups in total. The summed E-state index contributed by atoms with van der Waals surface area (Å²) in [6.07, 6.45) is 1.40. The number of hydrogen-bond donors (Lipinski definition) is 0. The average molecular weight is 413 g/mol. The number of alkyl halides is 2. The first-order valence-corrected chi connectivity index (χ1v) is 10.2. The number of benzene rings is 2. The van der Waals surface area contributed by atoms with Gasteiger partial charge in [0.05, 0.1) is 24.2 Å². The Hall–Kier alpha value is -2.80. The molecule has 1 atom stereocenters. The van der Waals surface area contributed by atoms with E-state index in [4.69, 9.17) is 4.74 Å². The lowest BCUT2D eigenvalue weighted by molar-refractivity contribution is 0.0595. The van der Waals surface area contributed by atoms with Crippen LogP contribution in [0.15, 0.2) is 48.5 Å². The molecule has 1 saturated heterocycles. The minimum Gasteiger partial charge on any atom is -0.497 e. The monoisotopic (exact) mass is 413 g/mol. The number of Topliss-reactive ketones (excluding diaryl/α,β-unsaturated/α-hetero) is 1. The van der Waals surface area contributed by atoms with Crippen molar-refractivity contribution in [1.29, 1.82) is 0 Å². The molecule has 0 aliphatic carbocycles. The average Bonchev–Trinajstić information content (AvgIpc) is 3.18. The molecule has 4 rings (SSSR count). The molecule has 0 radical (unpaired) electrons. The van der Waals surface area contributed by atoms with Crippen molar-refractivity contribution in [2.24, 2.45) is 5.92 Å². The van der Waals surface area contributed by atoms with Crippen molar-refractivity contribution in [1.82, 2.24) is 14.5 Å². The molecular weight excluding hydrogens is 388 g/mol. The molecule has 158 valence electrons. The number of aromatic nitrogens is 2. The van der Waals surface area contributed by atoms with E-state index in [1.54, 1.807) is 55.6 Å². The zero-order valence-corrected chi connectivity index (χ0v) is 17.1. The number of ketones is 1. The summed E-state index contributed by atoms with van der Waals surface area (Å²) < 4.78 is 33.7. The number of carbonyl (C=O) groups excluding carboxylic acids is 1. The van der Waals surface area contributed by atoms with E-state index in [-0.39, 0.29) is 17.7 Å². The largest absolute Gasteiger partial charge is 0.497 e. The number of methoxy groups -OCH3 is 1. The van der Waals surface area contributed by atoms with Crippen molar-refractivity contribution in [2.45, 2.75) is 32.4 Å². The lowest BCUT2D eigenvalue weighted by atomic mass is 9.88. The molecular formula is C23H25F2N3O2. The smallest absolute Gasteiger partial charge is 0.320 e. The Bertz CT molecular complexity index is 1020. The second-order valence-corrected chi connectivity index (χ2v) is 7.69. The van der Waals surface area contributed by atoms with Crippen molar-refractivity contribution in [3.8, 4) is 5.75 Å². The highest BCUT2D eigenvalue weighted by Gasteiger charge is 2.31. The van der Waals surface area contributed by atoms with E-state index in [1.165, 1.54) is 0 Å². The van der Waals surface area contributed by atoms with Crippen molar-refractivity contribution >= 4 is 16.8 Å². The number of carbonyl (C=O) groups is 1. The van der Waals surface area contributed by atoms with E-state index >= 15 is 0 Å². The summed E-state index contributed by atoms with van der Waals surface area (Å²) in [5.41, 5.74) is 1.70. The number of hydrogen-bond acceptors (Lipinski definition) is 4. The van der Waals surface area contributed by atoms with Gasteiger partial charge in [-0.15, -0.1) is 0 Å². The number of piperidine rings is 1. The van der Waals surface area contributed by atoms with Crippen LogP contribution in [0.5, 0.6) is 5.75 Å². The van der Waals surface area contributed by atoms with Crippen molar-refractivity contribution in [3.05, 3.63) is 59.9 Å². The SMILES string of the molecule is COc1ccc(C(=O)C2CCN([C@H](C)c3nc4ccccc4n3C(F)F)CC2)cc1. The molecule has 5 nitrogen and oxygen atoms in total. The van der Waals surface area contributed by atoms with Crippen LogP contribution in [-0.4, -0.2) is 40.4 Å². The Labute approximate surface area is 174 Å². The number of imidazole rings is 1. The van der Waals surface area contributed by atoms with E-state index in [0.717, 1.165) is 10.3 Å². The molecule has 2 heterocycles. The highest BCUT2D eigenvalue weighted by molar-refractivity contribution is 5.98. The van der Waals surface area contributed by atoms with E-state index in [2.05, 4.69) is 9.88 Å². The molecule has 0 amide bonds. The fourth-order valence-corrected chi connectivity index (χ4v) is 4.27. The van der Waals surface area contributed by atoms with E-state index in [0.29, 0.717) is 48.4 Å². The molecule has 0 bridgehead atoms. The van der Waals surface area contributed by atoms with Gasteiger partial charge in [-0.3, -0.25) is 14.3 Å². The third-order valence-electron chi connectivity index (χ3n) is 6.01. The predicted octanol–water partition coefficient (Wildman–Crippen LogP) is 5.10. The fraction of sp³-hybridized carbons (Fsp3) is 0.391. The summed E-state index contributed by atoms with van der Waals surface area (Å²) in [5, 5.41) is 0. The van der Waals surface area contributed by atoms with Crippen molar-refractivity contribution in [3.63, 3.8) is 0 Å².